The number of rotatable bonds is 4. The van der Waals surface area contributed by atoms with Crippen LogP contribution in [0.2, 0.25) is 0 Å². The maximum absolute atomic E-state index is 14.4. The molecule has 0 unspecified atom stereocenters. The second-order valence-electron chi connectivity index (χ2n) is 6.88. The Morgan fingerprint density at radius 2 is 2.10 bits per heavy atom. The number of benzene rings is 1. The van der Waals surface area contributed by atoms with Gasteiger partial charge in [-0.25, -0.2) is 9.37 Å². The maximum Gasteiger partial charge on any atom is 0.259 e. The van der Waals surface area contributed by atoms with Crippen molar-refractivity contribution >= 4 is 17.5 Å². The SMILES string of the molecule is O=C(c1cnc(NCc2c(F)ccc3c2CCO3)n2cnnc12)N1CCOCC1. The number of ether oxygens (including phenoxy) is 2. The van der Waals surface area contributed by atoms with E-state index in [4.69, 9.17) is 9.47 Å². The molecule has 0 radical (unpaired) electrons. The average molecular weight is 398 g/mol. The maximum atomic E-state index is 14.4. The number of morpholine rings is 1. The molecule has 1 fully saturated rings. The van der Waals surface area contributed by atoms with Crippen molar-refractivity contribution in [2.45, 2.75) is 13.0 Å². The van der Waals surface area contributed by atoms with Crippen LogP contribution < -0.4 is 10.1 Å². The highest BCUT2D eigenvalue weighted by Crippen LogP contribution is 2.30. The van der Waals surface area contributed by atoms with Gasteiger partial charge in [0, 0.05) is 43.4 Å². The lowest BCUT2D eigenvalue weighted by Crippen LogP contribution is -2.41. The highest BCUT2D eigenvalue weighted by atomic mass is 19.1. The zero-order valence-corrected chi connectivity index (χ0v) is 15.6. The molecule has 1 N–H and O–H groups in total. The Morgan fingerprint density at radius 3 is 2.97 bits per heavy atom. The van der Waals surface area contributed by atoms with Gasteiger partial charge in [-0.3, -0.25) is 9.20 Å². The first-order valence-corrected chi connectivity index (χ1v) is 9.45. The van der Waals surface area contributed by atoms with Crippen LogP contribution in [0.1, 0.15) is 21.5 Å². The second-order valence-corrected chi connectivity index (χ2v) is 6.88. The molecule has 2 aliphatic rings. The summed E-state index contributed by atoms with van der Waals surface area (Å²) in [5.74, 6) is 0.701. The van der Waals surface area contributed by atoms with E-state index in [-0.39, 0.29) is 18.3 Å². The van der Waals surface area contributed by atoms with Gasteiger partial charge in [0.1, 0.15) is 23.5 Å². The summed E-state index contributed by atoms with van der Waals surface area (Å²) in [6.45, 7) is 2.86. The molecular formula is C19H19FN6O3. The number of halogens is 1. The molecule has 0 spiro atoms. The van der Waals surface area contributed by atoms with Gasteiger partial charge in [0.25, 0.3) is 5.91 Å². The highest BCUT2D eigenvalue weighted by molar-refractivity contribution is 5.99. The Morgan fingerprint density at radius 1 is 1.24 bits per heavy atom. The topological polar surface area (TPSA) is 93.9 Å². The largest absolute Gasteiger partial charge is 0.493 e. The van der Waals surface area contributed by atoms with Crippen molar-refractivity contribution in [1.82, 2.24) is 24.5 Å². The number of nitrogens with one attached hydrogen (secondary N) is 1. The van der Waals surface area contributed by atoms with E-state index in [1.165, 1.54) is 18.6 Å². The standard InChI is InChI=1S/C19H19FN6O3/c20-15-1-2-16-12(3-6-29-16)13(15)9-21-19-22-10-14(17-24-23-11-26(17)19)18(27)25-4-7-28-8-5-25/h1-2,10-11H,3-9H2,(H,21,22). The van der Waals surface area contributed by atoms with Gasteiger partial charge >= 0.3 is 0 Å². The third-order valence-corrected chi connectivity index (χ3v) is 5.23. The first-order chi connectivity index (χ1) is 14.2. The summed E-state index contributed by atoms with van der Waals surface area (Å²) in [4.78, 5) is 18.9. The summed E-state index contributed by atoms with van der Waals surface area (Å²) in [6, 6.07) is 3.07. The third kappa shape index (κ3) is 3.15. The van der Waals surface area contributed by atoms with Gasteiger partial charge in [0.05, 0.1) is 19.8 Å². The van der Waals surface area contributed by atoms with E-state index >= 15 is 0 Å². The van der Waals surface area contributed by atoms with Gasteiger partial charge in [0.2, 0.25) is 5.95 Å². The van der Waals surface area contributed by atoms with E-state index in [1.807, 2.05) is 0 Å². The third-order valence-electron chi connectivity index (χ3n) is 5.23. The van der Waals surface area contributed by atoms with Crippen LogP contribution in [0.15, 0.2) is 24.7 Å². The van der Waals surface area contributed by atoms with Crippen molar-refractivity contribution in [1.29, 1.82) is 0 Å². The lowest BCUT2D eigenvalue weighted by atomic mass is 10.0. The number of anilines is 1. The summed E-state index contributed by atoms with van der Waals surface area (Å²) in [6.07, 6.45) is 3.64. The van der Waals surface area contributed by atoms with Gasteiger partial charge in [-0.15, -0.1) is 10.2 Å². The second kappa shape index (κ2) is 7.28. The lowest BCUT2D eigenvalue weighted by molar-refractivity contribution is 0.0303. The van der Waals surface area contributed by atoms with Gasteiger partial charge in [-0.05, 0) is 12.1 Å². The normalized spacial score (nSPS) is 16.0. The highest BCUT2D eigenvalue weighted by Gasteiger charge is 2.24. The quantitative estimate of drug-likeness (QED) is 0.708. The van der Waals surface area contributed by atoms with Crippen LogP contribution in [0.3, 0.4) is 0 Å². The van der Waals surface area contributed by atoms with Crippen LogP contribution in [-0.4, -0.2) is 63.3 Å². The minimum absolute atomic E-state index is 0.158. The average Bonchev–Trinajstić information content (AvgIpc) is 3.43. The van der Waals surface area contributed by atoms with Gasteiger partial charge in [-0.2, -0.15) is 0 Å². The van der Waals surface area contributed by atoms with E-state index < -0.39 is 0 Å². The number of aromatic nitrogens is 4. The molecule has 0 atom stereocenters. The molecule has 5 rings (SSSR count). The molecule has 0 bridgehead atoms. The smallest absolute Gasteiger partial charge is 0.259 e. The number of nitrogens with zero attached hydrogens (tertiary/aromatic N) is 5. The minimum atomic E-state index is -0.291. The molecule has 2 aliphatic heterocycles. The van der Waals surface area contributed by atoms with Crippen molar-refractivity contribution in [3.63, 3.8) is 0 Å². The molecule has 150 valence electrons. The molecule has 0 saturated carbocycles. The number of hydrogen-bond acceptors (Lipinski definition) is 7. The van der Waals surface area contributed by atoms with Crippen LogP contribution in [0, 0.1) is 5.82 Å². The summed E-state index contributed by atoms with van der Waals surface area (Å²) in [7, 11) is 0. The lowest BCUT2D eigenvalue weighted by Gasteiger charge is -2.26. The Kier molecular flexibility index (Phi) is 4.47. The van der Waals surface area contributed by atoms with Crippen molar-refractivity contribution in [3.8, 4) is 5.75 Å². The number of carbonyl (C=O) groups is 1. The number of amides is 1. The van der Waals surface area contributed by atoms with E-state index in [0.717, 1.165) is 11.3 Å². The molecule has 10 heteroatoms. The molecule has 2 aromatic heterocycles. The van der Waals surface area contributed by atoms with Crippen molar-refractivity contribution in [3.05, 3.63) is 47.2 Å². The first-order valence-electron chi connectivity index (χ1n) is 9.45. The summed E-state index contributed by atoms with van der Waals surface area (Å²) >= 11 is 0. The van der Waals surface area contributed by atoms with Gasteiger partial charge < -0.3 is 19.7 Å². The Hall–Kier alpha value is -3.27. The zero-order valence-electron chi connectivity index (χ0n) is 15.6. The minimum Gasteiger partial charge on any atom is -0.493 e. The van der Waals surface area contributed by atoms with Crippen molar-refractivity contribution in [2.75, 3.05) is 38.2 Å². The molecular weight excluding hydrogens is 379 g/mol. The van der Waals surface area contributed by atoms with Crippen LogP contribution in [0.5, 0.6) is 5.75 Å². The molecule has 1 saturated heterocycles. The van der Waals surface area contributed by atoms with E-state index in [2.05, 4.69) is 20.5 Å². The number of carbonyl (C=O) groups excluding carboxylic acids is 1. The van der Waals surface area contributed by atoms with Crippen molar-refractivity contribution < 1.29 is 18.7 Å². The van der Waals surface area contributed by atoms with Crippen molar-refractivity contribution in [2.24, 2.45) is 0 Å². The fourth-order valence-corrected chi connectivity index (χ4v) is 3.71. The Labute approximate surface area is 165 Å². The summed E-state index contributed by atoms with van der Waals surface area (Å²) in [5, 5.41) is 11.1. The predicted octanol–water partition coefficient (Wildman–Crippen LogP) is 1.28. The van der Waals surface area contributed by atoms with E-state index in [9.17, 15) is 9.18 Å². The monoisotopic (exact) mass is 398 g/mol. The Bertz CT molecular complexity index is 1080. The molecule has 3 aromatic rings. The van der Waals surface area contributed by atoms with Crippen LogP contribution >= 0.6 is 0 Å². The zero-order chi connectivity index (χ0) is 19.8. The van der Waals surface area contributed by atoms with E-state index in [0.29, 0.717) is 62.1 Å². The molecule has 1 aromatic carbocycles. The van der Waals surface area contributed by atoms with Crippen LogP contribution in [-0.2, 0) is 17.7 Å². The first kappa shape index (κ1) is 17.8. The van der Waals surface area contributed by atoms with Crippen LogP contribution in [0.4, 0.5) is 10.3 Å². The van der Waals surface area contributed by atoms with Gasteiger partial charge in [-0.1, -0.05) is 0 Å². The summed E-state index contributed by atoms with van der Waals surface area (Å²) < 4.78 is 26.8. The Balaban J connectivity index is 1.42. The van der Waals surface area contributed by atoms with Gasteiger partial charge in [0.15, 0.2) is 5.65 Å². The van der Waals surface area contributed by atoms with E-state index in [1.54, 1.807) is 15.4 Å². The molecule has 4 heterocycles. The van der Waals surface area contributed by atoms with Crippen LogP contribution in [0.25, 0.3) is 5.65 Å². The molecule has 0 aliphatic carbocycles. The number of fused-ring (bicyclic) bond motifs is 2. The predicted molar refractivity (Wildman–Crippen MR) is 100 cm³/mol. The fraction of sp³-hybridized carbons (Fsp3) is 0.368. The number of hydrogen-bond donors (Lipinski definition) is 1. The summed E-state index contributed by atoms with van der Waals surface area (Å²) in [5.41, 5.74) is 2.20. The molecule has 1 amide bonds. The fourth-order valence-electron chi connectivity index (χ4n) is 3.71. The molecule has 9 nitrogen and oxygen atoms in total. The molecule has 29 heavy (non-hydrogen) atoms.